The molecule has 0 aromatic heterocycles. The van der Waals surface area contributed by atoms with Crippen molar-refractivity contribution in [2.75, 3.05) is 13.7 Å². The molecule has 130 valence electrons. The molecule has 0 aliphatic carbocycles. The molecule has 1 rings (SSSR count). The average molecular weight is 330 g/mol. The third-order valence-corrected chi connectivity index (χ3v) is 3.41. The van der Waals surface area contributed by atoms with E-state index in [0.717, 1.165) is 18.4 Å². The van der Waals surface area contributed by atoms with Crippen LogP contribution in [0.3, 0.4) is 0 Å². The molecule has 0 atom stereocenters. The summed E-state index contributed by atoms with van der Waals surface area (Å²) in [6, 6.07) is 5.34. The van der Waals surface area contributed by atoms with Gasteiger partial charge in [0.15, 0.2) is 11.5 Å². The molecular formula is C19H26N2O3. The lowest BCUT2D eigenvalue weighted by Gasteiger charge is -2.09. The van der Waals surface area contributed by atoms with Crippen LogP contribution < -0.4 is 14.9 Å². The van der Waals surface area contributed by atoms with E-state index < -0.39 is 0 Å². The highest BCUT2D eigenvalue weighted by atomic mass is 16.5. The van der Waals surface area contributed by atoms with Crippen LogP contribution in [0.4, 0.5) is 0 Å². The Labute approximate surface area is 144 Å². The van der Waals surface area contributed by atoms with Gasteiger partial charge in [0.05, 0.1) is 13.3 Å². The minimum absolute atomic E-state index is 0.0660. The van der Waals surface area contributed by atoms with E-state index in [1.807, 2.05) is 6.07 Å². The second kappa shape index (κ2) is 12.0. The number of terminal acetylenes is 1. The Morgan fingerprint density at radius 3 is 2.79 bits per heavy atom. The molecule has 0 saturated carbocycles. The zero-order valence-corrected chi connectivity index (χ0v) is 14.5. The van der Waals surface area contributed by atoms with E-state index in [4.69, 9.17) is 15.9 Å². The van der Waals surface area contributed by atoms with Crippen LogP contribution in [-0.4, -0.2) is 25.8 Å². The lowest BCUT2D eigenvalue weighted by Crippen LogP contribution is -2.16. The number of methoxy groups -OCH3 is 1. The van der Waals surface area contributed by atoms with Crippen LogP contribution in [-0.2, 0) is 4.79 Å². The Kier molecular flexibility index (Phi) is 9.79. The molecule has 0 unspecified atom stereocenters. The van der Waals surface area contributed by atoms with Gasteiger partial charge in [0.2, 0.25) is 5.91 Å². The quantitative estimate of drug-likeness (QED) is 0.292. The number of nitrogens with zero attached hydrogens (tertiary/aromatic N) is 1. The van der Waals surface area contributed by atoms with Gasteiger partial charge in [0.1, 0.15) is 6.61 Å². The van der Waals surface area contributed by atoms with Crippen LogP contribution >= 0.6 is 0 Å². The molecule has 1 amide bonds. The van der Waals surface area contributed by atoms with E-state index in [1.165, 1.54) is 19.3 Å². The molecule has 0 heterocycles. The first-order chi connectivity index (χ1) is 11.7. The second-order valence-electron chi connectivity index (χ2n) is 5.36. The maximum Gasteiger partial charge on any atom is 0.240 e. The number of nitrogens with one attached hydrogen (secondary N) is 1. The van der Waals surface area contributed by atoms with Crippen LogP contribution in [0.5, 0.6) is 11.5 Å². The van der Waals surface area contributed by atoms with Gasteiger partial charge in [-0.3, -0.25) is 4.79 Å². The zero-order valence-electron chi connectivity index (χ0n) is 14.5. The first kappa shape index (κ1) is 19.6. The van der Waals surface area contributed by atoms with E-state index in [9.17, 15) is 4.79 Å². The first-order valence-electron chi connectivity index (χ1n) is 8.27. The van der Waals surface area contributed by atoms with Crippen molar-refractivity contribution in [3.8, 4) is 23.8 Å². The summed E-state index contributed by atoms with van der Waals surface area (Å²) < 4.78 is 10.6. The highest BCUT2D eigenvalue weighted by molar-refractivity contribution is 5.83. The fourth-order valence-corrected chi connectivity index (χ4v) is 2.13. The predicted octanol–water partition coefficient (Wildman–Crippen LogP) is 3.52. The second-order valence-corrected chi connectivity index (χ2v) is 5.36. The summed E-state index contributed by atoms with van der Waals surface area (Å²) >= 11 is 0. The van der Waals surface area contributed by atoms with Crippen molar-refractivity contribution in [1.82, 2.24) is 5.43 Å². The third kappa shape index (κ3) is 7.68. The fourth-order valence-electron chi connectivity index (χ4n) is 2.13. The standard InChI is InChI=1S/C19H26N2O3/c1-4-6-7-8-9-10-19(22)21-20-15-16-11-12-17(24-13-5-2)18(14-16)23-3/h2,11-12,14-15H,4,6-10,13H2,1,3H3,(H,21,22). The minimum Gasteiger partial charge on any atom is -0.493 e. The highest BCUT2D eigenvalue weighted by Gasteiger charge is 2.04. The first-order valence-corrected chi connectivity index (χ1v) is 8.27. The van der Waals surface area contributed by atoms with Gasteiger partial charge in [-0.1, -0.05) is 38.5 Å². The van der Waals surface area contributed by atoms with Crippen molar-refractivity contribution in [1.29, 1.82) is 0 Å². The summed E-state index contributed by atoms with van der Waals surface area (Å²) in [5.74, 6) is 3.48. The Morgan fingerprint density at radius 2 is 2.08 bits per heavy atom. The Balaban J connectivity index is 2.43. The molecule has 1 aromatic carbocycles. The third-order valence-electron chi connectivity index (χ3n) is 3.41. The summed E-state index contributed by atoms with van der Waals surface area (Å²) in [4.78, 5) is 11.7. The van der Waals surface area contributed by atoms with Crippen LogP contribution in [0.25, 0.3) is 0 Å². The number of rotatable bonds is 11. The number of hydrazone groups is 1. The Morgan fingerprint density at radius 1 is 1.29 bits per heavy atom. The van der Waals surface area contributed by atoms with Crippen molar-refractivity contribution in [3.63, 3.8) is 0 Å². The smallest absolute Gasteiger partial charge is 0.240 e. The van der Waals surface area contributed by atoms with Crippen molar-refractivity contribution in [2.24, 2.45) is 5.10 Å². The molecule has 0 aliphatic rings. The van der Waals surface area contributed by atoms with E-state index in [1.54, 1.807) is 25.5 Å². The maximum absolute atomic E-state index is 11.7. The van der Waals surface area contributed by atoms with Crippen LogP contribution in [0.15, 0.2) is 23.3 Å². The number of benzene rings is 1. The van der Waals surface area contributed by atoms with Gasteiger partial charge in [0.25, 0.3) is 0 Å². The molecule has 0 bridgehead atoms. The van der Waals surface area contributed by atoms with Gasteiger partial charge in [-0.15, -0.1) is 6.42 Å². The van der Waals surface area contributed by atoms with E-state index in [2.05, 4.69) is 23.4 Å². The highest BCUT2D eigenvalue weighted by Crippen LogP contribution is 2.27. The predicted molar refractivity (Wildman–Crippen MR) is 96.4 cm³/mol. The van der Waals surface area contributed by atoms with Gasteiger partial charge >= 0.3 is 0 Å². The summed E-state index contributed by atoms with van der Waals surface area (Å²) in [5, 5.41) is 3.97. The summed E-state index contributed by atoms with van der Waals surface area (Å²) in [7, 11) is 1.55. The lowest BCUT2D eigenvalue weighted by molar-refractivity contribution is -0.121. The Bertz CT molecular complexity index is 576. The average Bonchev–Trinajstić information content (AvgIpc) is 2.60. The number of hydrogen-bond donors (Lipinski definition) is 1. The fraction of sp³-hybridized carbons (Fsp3) is 0.474. The monoisotopic (exact) mass is 330 g/mol. The number of carbonyl (C=O) groups is 1. The van der Waals surface area contributed by atoms with Gasteiger partial charge in [-0.2, -0.15) is 5.10 Å². The molecule has 0 saturated heterocycles. The van der Waals surface area contributed by atoms with Gasteiger partial charge in [0, 0.05) is 6.42 Å². The number of carbonyl (C=O) groups excluding carboxylic acids is 1. The van der Waals surface area contributed by atoms with Crippen LogP contribution in [0.1, 0.15) is 51.0 Å². The minimum atomic E-state index is -0.0660. The number of ether oxygens (including phenoxy) is 2. The summed E-state index contributed by atoms with van der Waals surface area (Å²) in [5.41, 5.74) is 3.33. The van der Waals surface area contributed by atoms with E-state index in [0.29, 0.717) is 17.9 Å². The molecule has 1 aromatic rings. The molecule has 5 nitrogen and oxygen atoms in total. The number of amides is 1. The molecule has 24 heavy (non-hydrogen) atoms. The topological polar surface area (TPSA) is 59.9 Å². The van der Waals surface area contributed by atoms with Crippen molar-refractivity contribution >= 4 is 12.1 Å². The Hall–Kier alpha value is -2.48. The van der Waals surface area contributed by atoms with Gasteiger partial charge < -0.3 is 9.47 Å². The normalized spacial score (nSPS) is 10.4. The summed E-state index contributed by atoms with van der Waals surface area (Å²) in [6.45, 7) is 2.35. The van der Waals surface area contributed by atoms with Crippen molar-refractivity contribution in [2.45, 2.75) is 45.4 Å². The SMILES string of the molecule is C#CCOc1ccc(C=NNC(=O)CCCCCCC)cc1OC. The molecule has 0 aliphatic heterocycles. The van der Waals surface area contributed by atoms with Gasteiger partial charge in [-0.05, 0) is 30.2 Å². The van der Waals surface area contributed by atoms with Crippen LogP contribution in [0, 0.1) is 12.3 Å². The largest absolute Gasteiger partial charge is 0.493 e. The molecule has 5 heteroatoms. The van der Waals surface area contributed by atoms with Gasteiger partial charge in [-0.25, -0.2) is 5.43 Å². The van der Waals surface area contributed by atoms with E-state index in [-0.39, 0.29) is 12.5 Å². The summed E-state index contributed by atoms with van der Waals surface area (Å²) in [6.07, 6.45) is 12.8. The number of unbranched alkanes of at least 4 members (excludes halogenated alkanes) is 4. The lowest BCUT2D eigenvalue weighted by atomic mass is 10.1. The molecule has 0 fully saturated rings. The molecule has 1 N–H and O–H groups in total. The van der Waals surface area contributed by atoms with Crippen molar-refractivity contribution < 1.29 is 14.3 Å². The number of hydrogen-bond acceptors (Lipinski definition) is 4. The zero-order chi connectivity index (χ0) is 17.6. The van der Waals surface area contributed by atoms with Crippen molar-refractivity contribution in [3.05, 3.63) is 23.8 Å². The van der Waals surface area contributed by atoms with E-state index >= 15 is 0 Å². The molecule has 0 spiro atoms. The maximum atomic E-state index is 11.7. The molecular weight excluding hydrogens is 304 g/mol. The van der Waals surface area contributed by atoms with Crippen LogP contribution in [0.2, 0.25) is 0 Å². The molecule has 0 radical (unpaired) electrons.